The van der Waals surface area contributed by atoms with Gasteiger partial charge in [-0.15, -0.1) is 0 Å². The molecule has 0 unspecified atom stereocenters. The molecule has 1 aliphatic heterocycles. The summed E-state index contributed by atoms with van der Waals surface area (Å²) >= 11 is 0. The highest BCUT2D eigenvalue weighted by Gasteiger charge is 2.34. The first-order chi connectivity index (χ1) is 12.5. The Labute approximate surface area is 159 Å². The number of nitrogens with two attached hydrogens (primary N) is 2. The van der Waals surface area contributed by atoms with Crippen molar-refractivity contribution in [3.8, 4) is 0 Å². The number of primary amides is 1. The van der Waals surface area contributed by atoms with Gasteiger partial charge in [0.1, 0.15) is 18.1 Å². The summed E-state index contributed by atoms with van der Waals surface area (Å²) in [5.41, 5.74) is 10.9. The first kappa shape index (κ1) is 22.3. The number of carbonyl (C=O) groups is 4. The number of hydrogen-bond donors (Lipinski definition) is 5. The van der Waals surface area contributed by atoms with Gasteiger partial charge in [0.15, 0.2) is 0 Å². The molecule has 10 heteroatoms. The van der Waals surface area contributed by atoms with Gasteiger partial charge in [0.05, 0.1) is 5.82 Å². The molecule has 0 bridgehead atoms. The summed E-state index contributed by atoms with van der Waals surface area (Å²) in [6.45, 7) is 9.21. The summed E-state index contributed by atoms with van der Waals surface area (Å²) in [6, 6.07) is -2.52. The fraction of sp³-hybridized carbons (Fsp3) is 0.647. The highest BCUT2D eigenvalue weighted by Crippen LogP contribution is 2.22. The molecule has 1 rings (SSSR count). The summed E-state index contributed by atoms with van der Waals surface area (Å²) in [5.74, 6) is -1.70. The molecule has 1 heterocycles. The second-order valence-corrected chi connectivity index (χ2v) is 6.86. The minimum atomic E-state index is -0.867. The van der Waals surface area contributed by atoms with Crippen molar-refractivity contribution in [3.05, 3.63) is 12.4 Å². The molecule has 4 amide bonds. The topological polar surface area (TPSA) is 160 Å². The van der Waals surface area contributed by atoms with Crippen LogP contribution in [-0.4, -0.2) is 59.7 Å². The Bertz CT molecular complexity index is 600. The normalized spacial score (nSPS) is 18.0. The van der Waals surface area contributed by atoms with Gasteiger partial charge in [0.25, 0.3) is 0 Å². The van der Waals surface area contributed by atoms with Gasteiger partial charge in [-0.05, 0) is 32.6 Å². The van der Waals surface area contributed by atoms with E-state index in [2.05, 4.69) is 22.5 Å². The number of nitrogens with one attached hydrogen (secondary N) is 3. The predicted octanol–water partition coefficient (Wildman–Crippen LogP) is -1.87. The van der Waals surface area contributed by atoms with Crippen LogP contribution in [-0.2, 0) is 19.2 Å². The number of piperidine rings is 1. The molecule has 0 aromatic carbocycles. The SMILES string of the molecule is C=C(N)N1CCC([C@H](NC(=O)[C@H](C)NC(C)=O)C(=O)N[C@@H](C)C(N)=O)CC1. The second-order valence-electron chi connectivity index (χ2n) is 6.86. The van der Waals surface area contributed by atoms with Crippen LogP contribution in [0.15, 0.2) is 12.4 Å². The Kier molecular flexibility index (Phi) is 8.07. The molecular formula is C17H30N6O4. The molecule has 152 valence electrons. The highest BCUT2D eigenvalue weighted by atomic mass is 16.2. The smallest absolute Gasteiger partial charge is 0.243 e. The van der Waals surface area contributed by atoms with Gasteiger partial charge in [0, 0.05) is 20.0 Å². The lowest BCUT2D eigenvalue weighted by Gasteiger charge is -2.37. The zero-order valence-electron chi connectivity index (χ0n) is 16.1. The Hall–Kier alpha value is -2.78. The molecule has 0 aromatic rings. The summed E-state index contributed by atoms with van der Waals surface area (Å²) in [4.78, 5) is 49.4. The van der Waals surface area contributed by atoms with Crippen molar-refractivity contribution in [1.29, 1.82) is 0 Å². The van der Waals surface area contributed by atoms with Crippen LogP contribution in [0.3, 0.4) is 0 Å². The minimum Gasteiger partial charge on any atom is -0.386 e. The molecule has 0 saturated carbocycles. The maximum absolute atomic E-state index is 12.7. The van der Waals surface area contributed by atoms with E-state index in [1.807, 2.05) is 4.90 Å². The van der Waals surface area contributed by atoms with Crippen molar-refractivity contribution in [1.82, 2.24) is 20.9 Å². The van der Waals surface area contributed by atoms with Crippen LogP contribution in [0.1, 0.15) is 33.6 Å². The van der Waals surface area contributed by atoms with Gasteiger partial charge in [-0.2, -0.15) is 0 Å². The van der Waals surface area contributed by atoms with E-state index >= 15 is 0 Å². The predicted molar refractivity (Wildman–Crippen MR) is 99.6 cm³/mol. The quantitative estimate of drug-likeness (QED) is 0.330. The number of amides is 4. The lowest BCUT2D eigenvalue weighted by atomic mass is 9.88. The third-order valence-corrected chi connectivity index (χ3v) is 4.60. The first-order valence-electron chi connectivity index (χ1n) is 8.89. The van der Waals surface area contributed by atoms with E-state index in [4.69, 9.17) is 11.5 Å². The van der Waals surface area contributed by atoms with E-state index < -0.39 is 35.8 Å². The molecule has 0 aliphatic carbocycles. The number of likely N-dealkylation sites (tertiary alicyclic amines) is 1. The third-order valence-electron chi connectivity index (χ3n) is 4.60. The number of hydrogen-bond acceptors (Lipinski definition) is 6. The van der Waals surface area contributed by atoms with Gasteiger partial charge < -0.3 is 32.3 Å². The van der Waals surface area contributed by atoms with Crippen LogP contribution in [0, 0.1) is 5.92 Å². The molecule has 0 aromatic heterocycles. The van der Waals surface area contributed by atoms with Gasteiger partial charge in [0.2, 0.25) is 23.6 Å². The van der Waals surface area contributed by atoms with Crippen LogP contribution in [0.2, 0.25) is 0 Å². The Balaban J connectivity index is 2.87. The Morgan fingerprint density at radius 1 is 0.963 bits per heavy atom. The lowest BCUT2D eigenvalue weighted by molar-refractivity contribution is -0.134. The van der Waals surface area contributed by atoms with Crippen LogP contribution in [0.25, 0.3) is 0 Å². The average Bonchev–Trinajstić information content (AvgIpc) is 2.58. The van der Waals surface area contributed by atoms with Gasteiger partial charge in [-0.25, -0.2) is 0 Å². The molecule has 10 nitrogen and oxygen atoms in total. The molecule has 3 atom stereocenters. The monoisotopic (exact) mass is 382 g/mol. The maximum Gasteiger partial charge on any atom is 0.243 e. The van der Waals surface area contributed by atoms with Crippen molar-refractivity contribution in [3.63, 3.8) is 0 Å². The molecule has 1 saturated heterocycles. The zero-order valence-corrected chi connectivity index (χ0v) is 16.1. The highest BCUT2D eigenvalue weighted by molar-refractivity contribution is 5.93. The van der Waals surface area contributed by atoms with Crippen LogP contribution in [0.4, 0.5) is 0 Å². The van der Waals surface area contributed by atoms with Gasteiger partial charge in [-0.3, -0.25) is 19.2 Å². The van der Waals surface area contributed by atoms with E-state index in [1.54, 1.807) is 0 Å². The number of nitrogens with zero attached hydrogens (tertiary/aromatic N) is 1. The molecule has 7 N–H and O–H groups in total. The van der Waals surface area contributed by atoms with E-state index in [9.17, 15) is 19.2 Å². The second kappa shape index (κ2) is 9.79. The third kappa shape index (κ3) is 6.80. The first-order valence-corrected chi connectivity index (χ1v) is 8.89. The average molecular weight is 382 g/mol. The fourth-order valence-electron chi connectivity index (χ4n) is 2.94. The van der Waals surface area contributed by atoms with E-state index in [1.165, 1.54) is 20.8 Å². The van der Waals surface area contributed by atoms with Crippen molar-refractivity contribution in [2.24, 2.45) is 17.4 Å². The molecule has 1 aliphatic rings. The van der Waals surface area contributed by atoms with Gasteiger partial charge >= 0.3 is 0 Å². The Morgan fingerprint density at radius 2 is 1.52 bits per heavy atom. The van der Waals surface area contributed by atoms with Gasteiger partial charge in [-0.1, -0.05) is 6.58 Å². The Morgan fingerprint density at radius 3 is 1.96 bits per heavy atom. The van der Waals surface area contributed by atoms with Crippen LogP contribution < -0.4 is 27.4 Å². The largest absolute Gasteiger partial charge is 0.386 e. The standard InChI is InChI=1S/C17H30N6O4/c1-9(15(19)25)21-17(27)14(22-16(26)10(2)20-12(4)24)13-5-7-23(8-6-13)11(3)18/h9-10,13-14H,3,5-8,18H2,1-2,4H3,(H2,19,25)(H,20,24)(H,21,27)(H,22,26)/t9-,10-,14-/m0/s1. The molecule has 0 radical (unpaired) electrons. The maximum atomic E-state index is 12.7. The summed E-state index contributed by atoms with van der Waals surface area (Å²) in [6.07, 6.45) is 1.21. The number of carbonyl (C=O) groups excluding carboxylic acids is 4. The fourth-order valence-corrected chi connectivity index (χ4v) is 2.94. The lowest BCUT2D eigenvalue weighted by Crippen LogP contribution is -2.58. The summed E-state index contributed by atoms with van der Waals surface area (Å²) in [7, 11) is 0. The van der Waals surface area contributed by atoms with E-state index in [0.717, 1.165) is 0 Å². The van der Waals surface area contributed by atoms with Crippen molar-refractivity contribution in [2.75, 3.05) is 13.1 Å². The molecule has 0 spiro atoms. The van der Waals surface area contributed by atoms with E-state index in [-0.39, 0.29) is 11.8 Å². The van der Waals surface area contributed by atoms with Crippen molar-refractivity contribution in [2.45, 2.75) is 51.7 Å². The summed E-state index contributed by atoms with van der Waals surface area (Å²) in [5, 5.41) is 7.69. The van der Waals surface area contributed by atoms with Crippen LogP contribution in [0.5, 0.6) is 0 Å². The number of rotatable bonds is 8. The van der Waals surface area contributed by atoms with Crippen LogP contribution >= 0.6 is 0 Å². The van der Waals surface area contributed by atoms with E-state index in [0.29, 0.717) is 31.8 Å². The zero-order chi connectivity index (χ0) is 20.7. The molecule has 1 fully saturated rings. The van der Waals surface area contributed by atoms with Crippen molar-refractivity contribution >= 4 is 23.6 Å². The minimum absolute atomic E-state index is 0.158. The molecular weight excluding hydrogens is 352 g/mol. The summed E-state index contributed by atoms with van der Waals surface area (Å²) < 4.78 is 0. The molecule has 27 heavy (non-hydrogen) atoms. The van der Waals surface area contributed by atoms with Crippen molar-refractivity contribution < 1.29 is 19.2 Å².